The minimum Gasteiger partial charge on any atom is -0.490 e. The van der Waals surface area contributed by atoms with Crippen LogP contribution in [0.1, 0.15) is 35.7 Å². The zero-order valence-corrected chi connectivity index (χ0v) is 8.32. The minimum atomic E-state index is 0.391. The first-order chi connectivity index (χ1) is 6.83. The van der Waals surface area contributed by atoms with Crippen molar-refractivity contribution in [3.63, 3.8) is 0 Å². The molecule has 0 amide bonds. The predicted octanol–water partition coefficient (Wildman–Crippen LogP) is 2.60. The minimum absolute atomic E-state index is 0.391. The molecule has 2 nitrogen and oxygen atoms in total. The number of benzene rings is 1. The molecular weight excluding hydrogens is 176 g/mol. The Morgan fingerprint density at radius 2 is 2.29 bits per heavy atom. The summed E-state index contributed by atoms with van der Waals surface area (Å²) in [6.07, 6.45) is 4.47. The lowest BCUT2D eigenvalue weighted by molar-refractivity contribution is 0.112. The molecule has 2 rings (SSSR count). The molecule has 74 valence electrons. The van der Waals surface area contributed by atoms with Gasteiger partial charge in [0.25, 0.3) is 0 Å². The van der Waals surface area contributed by atoms with Crippen molar-refractivity contribution in [2.75, 3.05) is 0 Å². The second-order valence-corrected chi connectivity index (χ2v) is 3.65. The fraction of sp³-hybridized carbons (Fsp3) is 0.417. The molecule has 0 heterocycles. The van der Waals surface area contributed by atoms with E-state index in [0.29, 0.717) is 6.10 Å². The van der Waals surface area contributed by atoms with Gasteiger partial charge in [-0.1, -0.05) is 13.0 Å². The molecule has 1 saturated carbocycles. The Morgan fingerprint density at radius 1 is 1.50 bits per heavy atom. The molecule has 0 aromatic heterocycles. The van der Waals surface area contributed by atoms with Crippen LogP contribution in [0.3, 0.4) is 0 Å². The summed E-state index contributed by atoms with van der Waals surface area (Å²) < 4.78 is 5.61. The largest absolute Gasteiger partial charge is 0.490 e. The van der Waals surface area contributed by atoms with Crippen LogP contribution < -0.4 is 4.74 Å². The van der Waals surface area contributed by atoms with Crippen molar-refractivity contribution in [3.05, 3.63) is 29.3 Å². The third-order valence-corrected chi connectivity index (χ3v) is 2.45. The number of rotatable bonds is 4. The van der Waals surface area contributed by atoms with Crippen LogP contribution in [0.4, 0.5) is 0 Å². The third-order valence-electron chi connectivity index (χ3n) is 2.45. The highest BCUT2D eigenvalue weighted by atomic mass is 16.5. The Bertz CT molecular complexity index is 340. The summed E-state index contributed by atoms with van der Waals surface area (Å²) in [5, 5.41) is 0. The number of carbonyl (C=O) groups excluding carboxylic acids is 1. The monoisotopic (exact) mass is 190 g/mol. The smallest absolute Gasteiger partial charge is 0.150 e. The van der Waals surface area contributed by atoms with Crippen molar-refractivity contribution in [1.29, 1.82) is 0 Å². The highest BCUT2D eigenvalue weighted by Gasteiger charge is 2.23. The second kappa shape index (κ2) is 3.82. The molecule has 0 spiro atoms. The van der Waals surface area contributed by atoms with Crippen LogP contribution in [0.15, 0.2) is 18.2 Å². The molecule has 0 saturated heterocycles. The quantitative estimate of drug-likeness (QED) is 0.682. The zero-order valence-electron chi connectivity index (χ0n) is 8.32. The van der Waals surface area contributed by atoms with Crippen molar-refractivity contribution < 1.29 is 9.53 Å². The maximum absolute atomic E-state index is 10.8. The van der Waals surface area contributed by atoms with E-state index in [1.807, 2.05) is 25.1 Å². The van der Waals surface area contributed by atoms with Crippen molar-refractivity contribution in [1.82, 2.24) is 0 Å². The SMILES string of the molecule is CCc1ccc(OC2CC2)cc1C=O. The molecular formula is C12H14O2. The van der Waals surface area contributed by atoms with Gasteiger partial charge in [0.15, 0.2) is 0 Å². The van der Waals surface area contributed by atoms with E-state index in [9.17, 15) is 4.79 Å². The van der Waals surface area contributed by atoms with E-state index in [-0.39, 0.29) is 0 Å². The first-order valence-corrected chi connectivity index (χ1v) is 5.08. The van der Waals surface area contributed by atoms with E-state index < -0.39 is 0 Å². The number of ether oxygens (including phenoxy) is 1. The Balaban J connectivity index is 2.21. The van der Waals surface area contributed by atoms with Crippen molar-refractivity contribution >= 4 is 6.29 Å². The lowest BCUT2D eigenvalue weighted by Crippen LogP contribution is -1.98. The third kappa shape index (κ3) is 1.95. The predicted molar refractivity (Wildman–Crippen MR) is 54.9 cm³/mol. The van der Waals surface area contributed by atoms with E-state index in [1.165, 1.54) is 0 Å². The summed E-state index contributed by atoms with van der Waals surface area (Å²) in [5.74, 6) is 0.826. The molecule has 1 aromatic rings. The van der Waals surface area contributed by atoms with Crippen LogP contribution in [-0.2, 0) is 6.42 Å². The van der Waals surface area contributed by atoms with Gasteiger partial charge in [-0.05, 0) is 37.0 Å². The van der Waals surface area contributed by atoms with E-state index in [0.717, 1.165) is 42.4 Å². The molecule has 0 bridgehead atoms. The van der Waals surface area contributed by atoms with Crippen LogP contribution in [0.2, 0.25) is 0 Å². The summed E-state index contributed by atoms with van der Waals surface area (Å²) >= 11 is 0. The van der Waals surface area contributed by atoms with Gasteiger partial charge >= 0.3 is 0 Å². The van der Waals surface area contributed by atoms with Crippen LogP contribution in [0.5, 0.6) is 5.75 Å². The van der Waals surface area contributed by atoms with E-state index in [4.69, 9.17) is 4.74 Å². The average Bonchev–Trinajstić information content (AvgIpc) is 3.01. The van der Waals surface area contributed by atoms with Gasteiger partial charge in [-0.25, -0.2) is 0 Å². The summed E-state index contributed by atoms with van der Waals surface area (Å²) in [5.41, 5.74) is 1.84. The van der Waals surface area contributed by atoms with Gasteiger partial charge < -0.3 is 4.74 Å². The van der Waals surface area contributed by atoms with Crippen LogP contribution >= 0.6 is 0 Å². The Morgan fingerprint density at radius 3 is 2.86 bits per heavy atom. The highest BCUT2D eigenvalue weighted by molar-refractivity contribution is 5.78. The van der Waals surface area contributed by atoms with Crippen molar-refractivity contribution in [3.8, 4) is 5.75 Å². The lowest BCUT2D eigenvalue weighted by Gasteiger charge is -2.07. The summed E-state index contributed by atoms with van der Waals surface area (Å²) in [6.45, 7) is 2.05. The first-order valence-electron chi connectivity index (χ1n) is 5.08. The fourth-order valence-corrected chi connectivity index (χ4v) is 1.46. The number of carbonyl (C=O) groups is 1. The molecule has 1 aromatic carbocycles. The summed E-state index contributed by atoms with van der Waals surface area (Å²) in [6, 6.07) is 5.76. The Hall–Kier alpha value is -1.31. The van der Waals surface area contributed by atoms with Crippen LogP contribution in [-0.4, -0.2) is 12.4 Å². The number of aldehydes is 1. The molecule has 1 aliphatic rings. The maximum Gasteiger partial charge on any atom is 0.150 e. The molecule has 0 aliphatic heterocycles. The zero-order chi connectivity index (χ0) is 9.97. The average molecular weight is 190 g/mol. The van der Waals surface area contributed by atoms with Crippen molar-refractivity contribution in [2.45, 2.75) is 32.3 Å². The molecule has 0 unspecified atom stereocenters. The summed E-state index contributed by atoms with van der Waals surface area (Å²) in [7, 11) is 0. The topological polar surface area (TPSA) is 26.3 Å². The van der Waals surface area contributed by atoms with Gasteiger partial charge in [0.2, 0.25) is 0 Å². The van der Waals surface area contributed by atoms with Gasteiger partial charge in [-0.2, -0.15) is 0 Å². The Labute approximate surface area is 83.9 Å². The van der Waals surface area contributed by atoms with Gasteiger partial charge in [0.05, 0.1) is 6.10 Å². The fourth-order valence-electron chi connectivity index (χ4n) is 1.46. The van der Waals surface area contributed by atoms with Gasteiger partial charge in [-0.15, -0.1) is 0 Å². The molecule has 14 heavy (non-hydrogen) atoms. The van der Waals surface area contributed by atoms with Crippen LogP contribution in [0, 0.1) is 0 Å². The number of hydrogen-bond acceptors (Lipinski definition) is 2. The standard InChI is InChI=1S/C12H14O2/c1-2-9-3-4-12(7-10(9)8-13)14-11-5-6-11/h3-4,7-8,11H,2,5-6H2,1H3. The Kier molecular flexibility index (Phi) is 2.53. The second-order valence-electron chi connectivity index (χ2n) is 3.65. The normalized spacial score (nSPS) is 15.2. The molecule has 1 fully saturated rings. The van der Waals surface area contributed by atoms with Crippen LogP contribution in [0.25, 0.3) is 0 Å². The van der Waals surface area contributed by atoms with E-state index >= 15 is 0 Å². The molecule has 2 heteroatoms. The number of hydrogen-bond donors (Lipinski definition) is 0. The van der Waals surface area contributed by atoms with Crippen molar-refractivity contribution in [2.24, 2.45) is 0 Å². The molecule has 0 atom stereocenters. The number of aryl methyl sites for hydroxylation is 1. The van der Waals surface area contributed by atoms with Gasteiger partial charge in [0, 0.05) is 5.56 Å². The molecule has 0 radical (unpaired) electrons. The van der Waals surface area contributed by atoms with E-state index in [1.54, 1.807) is 0 Å². The lowest BCUT2D eigenvalue weighted by atomic mass is 10.1. The van der Waals surface area contributed by atoms with Gasteiger partial charge in [-0.3, -0.25) is 4.79 Å². The highest BCUT2D eigenvalue weighted by Crippen LogP contribution is 2.27. The maximum atomic E-state index is 10.8. The molecule has 0 N–H and O–H groups in total. The van der Waals surface area contributed by atoms with E-state index in [2.05, 4.69) is 0 Å². The van der Waals surface area contributed by atoms with Gasteiger partial charge in [0.1, 0.15) is 12.0 Å². The first kappa shape index (κ1) is 9.25. The summed E-state index contributed by atoms with van der Waals surface area (Å²) in [4.78, 5) is 10.8. The molecule has 1 aliphatic carbocycles.